The van der Waals surface area contributed by atoms with Gasteiger partial charge in [-0.3, -0.25) is 0 Å². The fraction of sp³-hybridized carbons (Fsp3) is 0.333. The maximum Gasteiger partial charge on any atom is 0.0669 e. The van der Waals surface area contributed by atoms with Crippen molar-refractivity contribution in [2.75, 3.05) is 18.0 Å². The number of hydrogen-bond donors (Lipinski definition) is 1. The van der Waals surface area contributed by atoms with E-state index in [0.29, 0.717) is 6.54 Å². The number of nitrogens with two attached hydrogens (primary N) is 1. The quantitative estimate of drug-likeness (QED) is 0.893. The van der Waals surface area contributed by atoms with E-state index in [2.05, 4.69) is 68.1 Å². The summed E-state index contributed by atoms with van der Waals surface area (Å²) in [6.45, 7) is 8.09. The molecule has 2 nitrogen and oxygen atoms in total. The first-order valence-electron chi connectivity index (χ1n) is 7.27. The van der Waals surface area contributed by atoms with Gasteiger partial charge in [0.25, 0.3) is 0 Å². The van der Waals surface area contributed by atoms with Crippen LogP contribution >= 0.6 is 0 Å². The second-order valence-electron chi connectivity index (χ2n) is 5.18. The molecule has 0 amide bonds. The van der Waals surface area contributed by atoms with Gasteiger partial charge in [0.05, 0.1) is 6.04 Å². The standard InChI is InChI=1S/C18H24N2/c1-4-20(16-11-6-5-7-12-16)17(13-19)18-14(2)9-8-10-15(18)3/h5-12,17H,4,13,19H2,1-3H3. The Morgan fingerprint density at radius 3 is 2.05 bits per heavy atom. The van der Waals surface area contributed by atoms with Crippen molar-refractivity contribution in [3.63, 3.8) is 0 Å². The van der Waals surface area contributed by atoms with Crippen LogP contribution in [-0.4, -0.2) is 13.1 Å². The van der Waals surface area contributed by atoms with Gasteiger partial charge in [0.15, 0.2) is 0 Å². The van der Waals surface area contributed by atoms with E-state index < -0.39 is 0 Å². The van der Waals surface area contributed by atoms with Gasteiger partial charge in [-0.1, -0.05) is 36.4 Å². The zero-order valence-corrected chi connectivity index (χ0v) is 12.6. The molecule has 0 aliphatic carbocycles. The number of nitrogens with zero attached hydrogens (tertiary/aromatic N) is 1. The van der Waals surface area contributed by atoms with Crippen LogP contribution in [0.5, 0.6) is 0 Å². The SMILES string of the molecule is CCN(c1ccccc1)C(CN)c1c(C)cccc1C. The summed E-state index contributed by atoms with van der Waals surface area (Å²) in [5.74, 6) is 0. The molecule has 0 heterocycles. The Hall–Kier alpha value is -1.80. The van der Waals surface area contributed by atoms with Crippen LogP contribution in [-0.2, 0) is 0 Å². The molecule has 0 spiro atoms. The summed E-state index contributed by atoms with van der Waals surface area (Å²) in [6.07, 6.45) is 0. The molecule has 0 saturated carbocycles. The summed E-state index contributed by atoms with van der Waals surface area (Å²) in [4.78, 5) is 2.38. The first-order chi connectivity index (χ1) is 9.69. The maximum atomic E-state index is 6.11. The largest absolute Gasteiger partial charge is 0.363 e. The van der Waals surface area contributed by atoms with Crippen LogP contribution in [0.1, 0.15) is 29.7 Å². The minimum atomic E-state index is 0.226. The topological polar surface area (TPSA) is 29.3 Å². The second kappa shape index (κ2) is 6.58. The van der Waals surface area contributed by atoms with Crippen LogP contribution in [0.25, 0.3) is 0 Å². The Labute approximate surface area is 122 Å². The fourth-order valence-electron chi connectivity index (χ4n) is 2.96. The highest BCUT2D eigenvalue weighted by Gasteiger charge is 2.21. The lowest BCUT2D eigenvalue weighted by atomic mass is 9.94. The third kappa shape index (κ3) is 2.86. The van der Waals surface area contributed by atoms with Crippen LogP contribution < -0.4 is 10.6 Å². The Balaban J connectivity index is 2.45. The molecule has 1 atom stereocenters. The van der Waals surface area contributed by atoms with Crippen molar-refractivity contribution in [2.24, 2.45) is 5.73 Å². The van der Waals surface area contributed by atoms with E-state index in [1.54, 1.807) is 0 Å². The number of likely N-dealkylation sites (N-methyl/N-ethyl adjacent to an activating group) is 1. The van der Waals surface area contributed by atoms with Crippen molar-refractivity contribution in [2.45, 2.75) is 26.8 Å². The molecule has 2 aromatic rings. The van der Waals surface area contributed by atoms with Gasteiger partial charge in [-0.2, -0.15) is 0 Å². The minimum absolute atomic E-state index is 0.226. The predicted molar refractivity (Wildman–Crippen MR) is 87.2 cm³/mol. The summed E-state index contributed by atoms with van der Waals surface area (Å²) in [6, 6.07) is 17.2. The third-order valence-corrected chi connectivity index (χ3v) is 3.90. The summed E-state index contributed by atoms with van der Waals surface area (Å²) in [7, 11) is 0. The summed E-state index contributed by atoms with van der Waals surface area (Å²) >= 11 is 0. The Morgan fingerprint density at radius 1 is 0.950 bits per heavy atom. The molecule has 2 N–H and O–H groups in total. The van der Waals surface area contributed by atoms with Crippen LogP contribution in [0.3, 0.4) is 0 Å². The van der Waals surface area contributed by atoms with E-state index >= 15 is 0 Å². The van der Waals surface area contributed by atoms with Gasteiger partial charge in [-0.25, -0.2) is 0 Å². The van der Waals surface area contributed by atoms with Crippen molar-refractivity contribution >= 4 is 5.69 Å². The van der Waals surface area contributed by atoms with E-state index in [1.807, 2.05) is 6.07 Å². The lowest BCUT2D eigenvalue weighted by Crippen LogP contribution is -2.34. The Bertz CT molecular complexity index is 528. The molecule has 0 saturated heterocycles. The number of aryl methyl sites for hydroxylation is 2. The fourth-order valence-corrected chi connectivity index (χ4v) is 2.96. The van der Waals surface area contributed by atoms with Crippen LogP contribution in [0.2, 0.25) is 0 Å². The lowest BCUT2D eigenvalue weighted by Gasteiger charge is -2.34. The molecule has 2 heteroatoms. The van der Waals surface area contributed by atoms with Gasteiger partial charge in [-0.15, -0.1) is 0 Å². The molecule has 2 rings (SSSR count). The second-order valence-corrected chi connectivity index (χ2v) is 5.18. The van der Waals surface area contributed by atoms with E-state index in [9.17, 15) is 0 Å². The average Bonchev–Trinajstić information content (AvgIpc) is 2.47. The molecule has 20 heavy (non-hydrogen) atoms. The molecule has 0 bridgehead atoms. The van der Waals surface area contributed by atoms with Gasteiger partial charge in [0.2, 0.25) is 0 Å². The van der Waals surface area contributed by atoms with E-state index in [0.717, 1.165) is 6.54 Å². The normalized spacial score (nSPS) is 12.2. The van der Waals surface area contributed by atoms with Crippen LogP contribution in [0.4, 0.5) is 5.69 Å². The minimum Gasteiger partial charge on any atom is -0.363 e. The molecule has 0 aliphatic rings. The molecular weight excluding hydrogens is 244 g/mol. The smallest absolute Gasteiger partial charge is 0.0669 e. The molecule has 1 unspecified atom stereocenters. The highest BCUT2D eigenvalue weighted by atomic mass is 15.2. The van der Waals surface area contributed by atoms with Gasteiger partial charge in [0, 0.05) is 18.8 Å². The Kier molecular flexibility index (Phi) is 4.80. The number of anilines is 1. The third-order valence-electron chi connectivity index (χ3n) is 3.90. The predicted octanol–water partition coefficient (Wildman–Crippen LogP) is 3.83. The van der Waals surface area contributed by atoms with E-state index in [4.69, 9.17) is 5.73 Å². The average molecular weight is 268 g/mol. The number of benzene rings is 2. The molecule has 106 valence electrons. The molecule has 0 radical (unpaired) electrons. The van der Waals surface area contributed by atoms with E-state index in [1.165, 1.54) is 22.4 Å². The molecule has 2 aromatic carbocycles. The zero-order chi connectivity index (χ0) is 14.5. The van der Waals surface area contributed by atoms with Crippen molar-refractivity contribution in [3.8, 4) is 0 Å². The maximum absolute atomic E-state index is 6.11. The number of hydrogen-bond acceptors (Lipinski definition) is 2. The first-order valence-corrected chi connectivity index (χ1v) is 7.27. The monoisotopic (exact) mass is 268 g/mol. The number of para-hydroxylation sites is 1. The summed E-state index contributed by atoms with van der Waals surface area (Å²) < 4.78 is 0. The van der Waals surface area contributed by atoms with Crippen molar-refractivity contribution < 1.29 is 0 Å². The van der Waals surface area contributed by atoms with Crippen molar-refractivity contribution in [3.05, 3.63) is 65.2 Å². The molecular formula is C18H24N2. The lowest BCUT2D eigenvalue weighted by molar-refractivity contribution is 0.636. The van der Waals surface area contributed by atoms with Gasteiger partial charge >= 0.3 is 0 Å². The van der Waals surface area contributed by atoms with Gasteiger partial charge in [-0.05, 0) is 49.6 Å². The highest BCUT2D eigenvalue weighted by Crippen LogP contribution is 2.30. The van der Waals surface area contributed by atoms with E-state index in [-0.39, 0.29) is 6.04 Å². The summed E-state index contributed by atoms with van der Waals surface area (Å²) in [5, 5.41) is 0. The zero-order valence-electron chi connectivity index (χ0n) is 12.6. The van der Waals surface area contributed by atoms with Crippen molar-refractivity contribution in [1.29, 1.82) is 0 Å². The van der Waals surface area contributed by atoms with Gasteiger partial charge in [0.1, 0.15) is 0 Å². The number of rotatable bonds is 5. The van der Waals surface area contributed by atoms with Crippen LogP contribution in [0.15, 0.2) is 48.5 Å². The molecule has 0 fully saturated rings. The highest BCUT2D eigenvalue weighted by molar-refractivity contribution is 5.51. The molecule has 0 aromatic heterocycles. The van der Waals surface area contributed by atoms with Gasteiger partial charge < -0.3 is 10.6 Å². The first kappa shape index (κ1) is 14.6. The Morgan fingerprint density at radius 2 is 1.55 bits per heavy atom. The van der Waals surface area contributed by atoms with Crippen molar-refractivity contribution in [1.82, 2.24) is 0 Å². The van der Waals surface area contributed by atoms with Crippen LogP contribution in [0, 0.1) is 13.8 Å². The molecule has 0 aliphatic heterocycles. The summed E-state index contributed by atoms with van der Waals surface area (Å²) in [5.41, 5.74) is 11.3.